The van der Waals surface area contributed by atoms with E-state index in [-0.39, 0.29) is 5.78 Å². The number of anilines is 1. The lowest BCUT2D eigenvalue weighted by Crippen LogP contribution is -2.49. The third-order valence-electron chi connectivity index (χ3n) is 3.01. The van der Waals surface area contributed by atoms with Gasteiger partial charge in [-0.25, -0.2) is 0 Å². The molecule has 16 heavy (non-hydrogen) atoms. The van der Waals surface area contributed by atoms with Crippen molar-refractivity contribution >= 4 is 11.5 Å². The summed E-state index contributed by atoms with van der Waals surface area (Å²) < 4.78 is 0. The highest BCUT2D eigenvalue weighted by atomic mass is 16.1. The minimum Gasteiger partial charge on any atom is -0.369 e. The predicted octanol–water partition coefficient (Wildman–Crippen LogP) is 1.69. The molecule has 0 spiro atoms. The number of nitrogens with zero attached hydrogens (tertiary/aromatic N) is 1. The number of benzene rings is 1. The molecule has 1 fully saturated rings. The van der Waals surface area contributed by atoms with Gasteiger partial charge in [-0.05, 0) is 38.1 Å². The molecule has 0 bridgehead atoms. The summed E-state index contributed by atoms with van der Waals surface area (Å²) in [5.74, 6) is 0.125. The summed E-state index contributed by atoms with van der Waals surface area (Å²) in [6.45, 7) is 6.87. The first-order valence-electron chi connectivity index (χ1n) is 5.76. The van der Waals surface area contributed by atoms with Gasteiger partial charge in [0.05, 0.1) is 0 Å². The maximum Gasteiger partial charge on any atom is 0.159 e. The second-order valence-corrected chi connectivity index (χ2v) is 4.40. The monoisotopic (exact) mass is 218 g/mol. The Morgan fingerprint density at radius 2 is 2.06 bits per heavy atom. The molecule has 0 aromatic heterocycles. The molecule has 3 heteroatoms. The molecule has 1 N–H and O–H groups in total. The van der Waals surface area contributed by atoms with Gasteiger partial charge in [-0.15, -0.1) is 0 Å². The van der Waals surface area contributed by atoms with Crippen molar-refractivity contribution in [2.75, 3.05) is 24.5 Å². The van der Waals surface area contributed by atoms with E-state index < -0.39 is 0 Å². The first-order chi connectivity index (χ1) is 7.66. The number of carbonyl (C=O) groups excluding carboxylic acids is 1. The summed E-state index contributed by atoms with van der Waals surface area (Å²) in [4.78, 5) is 13.5. The zero-order valence-electron chi connectivity index (χ0n) is 9.86. The average Bonchev–Trinajstić information content (AvgIpc) is 2.29. The SMILES string of the molecule is CC(=O)c1ccc(N2CCN[C@@H](C)C2)cc1. The van der Waals surface area contributed by atoms with E-state index in [0.29, 0.717) is 6.04 Å². The molecule has 0 unspecified atom stereocenters. The van der Waals surface area contributed by atoms with Crippen molar-refractivity contribution < 1.29 is 4.79 Å². The Morgan fingerprint density at radius 3 is 2.62 bits per heavy atom. The Kier molecular flexibility index (Phi) is 3.25. The van der Waals surface area contributed by atoms with Crippen LogP contribution in [-0.2, 0) is 0 Å². The van der Waals surface area contributed by atoms with E-state index in [1.165, 1.54) is 5.69 Å². The molecular weight excluding hydrogens is 200 g/mol. The van der Waals surface area contributed by atoms with E-state index >= 15 is 0 Å². The Bertz CT molecular complexity index is 372. The van der Waals surface area contributed by atoms with Gasteiger partial charge >= 0.3 is 0 Å². The second kappa shape index (κ2) is 4.66. The van der Waals surface area contributed by atoms with Crippen LogP contribution in [0.1, 0.15) is 24.2 Å². The number of Topliss-reactive ketones (excluding diaryl/α,β-unsaturated/α-hetero) is 1. The van der Waals surface area contributed by atoms with Crippen molar-refractivity contribution in [1.82, 2.24) is 5.32 Å². The highest BCUT2D eigenvalue weighted by Gasteiger charge is 2.15. The fraction of sp³-hybridized carbons (Fsp3) is 0.462. The molecule has 3 nitrogen and oxygen atoms in total. The highest BCUT2D eigenvalue weighted by molar-refractivity contribution is 5.94. The van der Waals surface area contributed by atoms with E-state index in [1.54, 1.807) is 6.92 Å². The summed E-state index contributed by atoms with van der Waals surface area (Å²) in [6, 6.07) is 8.42. The van der Waals surface area contributed by atoms with Crippen LogP contribution in [0.3, 0.4) is 0 Å². The molecule has 0 amide bonds. The second-order valence-electron chi connectivity index (χ2n) is 4.40. The Labute approximate surface area is 96.5 Å². The smallest absolute Gasteiger partial charge is 0.159 e. The van der Waals surface area contributed by atoms with Crippen LogP contribution in [0, 0.1) is 0 Å². The molecular formula is C13H18N2O. The fourth-order valence-electron chi connectivity index (χ4n) is 2.07. The molecule has 1 atom stereocenters. The van der Waals surface area contributed by atoms with Crippen LogP contribution in [0.2, 0.25) is 0 Å². The van der Waals surface area contributed by atoms with Crippen LogP contribution >= 0.6 is 0 Å². The third-order valence-corrected chi connectivity index (χ3v) is 3.01. The molecule has 0 aliphatic carbocycles. The Hall–Kier alpha value is -1.35. The quantitative estimate of drug-likeness (QED) is 0.767. The lowest BCUT2D eigenvalue weighted by Gasteiger charge is -2.33. The van der Waals surface area contributed by atoms with Crippen molar-refractivity contribution in [2.45, 2.75) is 19.9 Å². The van der Waals surface area contributed by atoms with E-state index in [0.717, 1.165) is 25.2 Å². The topological polar surface area (TPSA) is 32.3 Å². The molecule has 1 aromatic rings. The molecule has 1 aliphatic heterocycles. The van der Waals surface area contributed by atoms with Gasteiger partial charge in [0.2, 0.25) is 0 Å². The number of hydrogen-bond donors (Lipinski definition) is 1. The predicted molar refractivity (Wildman–Crippen MR) is 66.1 cm³/mol. The van der Waals surface area contributed by atoms with Crippen LogP contribution in [0.25, 0.3) is 0 Å². The van der Waals surface area contributed by atoms with Gasteiger partial charge in [0.1, 0.15) is 0 Å². The minimum atomic E-state index is 0.125. The van der Waals surface area contributed by atoms with Crippen molar-refractivity contribution in [3.8, 4) is 0 Å². The van der Waals surface area contributed by atoms with E-state index in [9.17, 15) is 4.79 Å². The maximum absolute atomic E-state index is 11.2. The van der Waals surface area contributed by atoms with Gasteiger partial charge in [-0.2, -0.15) is 0 Å². The van der Waals surface area contributed by atoms with E-state index in [4.69, 9.17) is 0 Å². The molecule has 1 heterocycles. The summed E-state index contributed by atoms with van der Waals surface area (Å²) in [6.07, 6.45) is 0. The zero-order valence-corrected chi connectivity index (χ0v) is 9.86. The molecule has 86 valence electrons. The van der Waals surface area contributed by atoms with Gasteiger partial charge in [0, 0.05) is 36.9 Å². The molecule has 1 aliphatic rings. The van der Waals surface area contributed by atoms with Crippen LogP contribution in [-0.4, -0.2) is 31.5 Å². The zero-order chi connectivity index (χ0) is 11.5. The molecule has 1 aromatic carbocycles. The first-order valence-corrected chi connectivity index (χ1v) is 5.76. The lowest BCUT2D eigenvalue weighted by molar-refractivity contribution is 0.101. The minimum absolute atomic E-state index is 0.125. The van der Waals surface area contributed by atoms with Crippen LogP contribution in [0.5, 0.6) is 0 Å². The summed E-state index contributed by atoms with van der Waals surface area (Å²) in [7, 11) is 0. The highest BCUT2D eigenvalue weighted by Crippen LogP contribution is 2.17. The number of hydrogen-bond acceptors (Lipinski definition) is 3. The largest absolute Gasteiger partial charge is 0.369 e. The van der Waals surface area contributed by atoms with Crippen LogP contribution in [0.4, 0.5) is 5.69 Å². The van der Waals surface area contributed by atoms with E-state index in [1.807, 2.05) is 24.3 Å². The van der Waals surface area contributed by atoms with Gasteiger partial charge in [-0.1, -0.05) is 0 Å². The van der Waals surface area contributed by atoms with E-state index in [2.05, 4.69) is 17.1 Å². The fourth-order valence-corrected chi connectivity index (χ4v) is 2.07. The first kappa shape index (κ1) is 11.1. The summed E-state index contributed by atoms with van der Waals surface area (Å²) >= 11 is 0. The van der Waals surface area contributed by atoms with Crippen LogP contribution < -0.4 is 10.2 Å². The van der Waals surface area contributed by atoms with Gasteiger partial charge in [0.15, 0.2) is 5.78 Å². The Balaban J connectivity index is 2.11. The van der Waals surface area contributed by atoms with Crippen molar-refractivity contribution in [3.63, 3.8) is 0 Å². The maximum atomic E-state index is 11.2. The molecule has 0 radical (unpaired) electrons. The van der Waals surface area contributed by atoms with Gasteiger partial charge < -0.3 is 10.2 Å². The summed E-state index contributed by atoms with van der Waals surface area (Å²) in [5, 5.41) is 3.42. The van der Waals surface area contributed by atoms with Crippen molar-refractivity contribution in [3.05, 3.63) is 29.8 Å². The normalized spacial score (nSPS) is 20.9. The number of piperazine rings is 1. The molecule has 1 saturated heterocycles. The number of ketones is 1. The standard InChI is InChI=1S/C13H18N2O/c1-10-9-15(8-7-14-10)13-5-3-12(4-6-13)11(2)16/h3-6,10,14H,7-9H2,1-2H3/t10-/m0/s1. The third kappa shape index (κ3) is 2.42. The van der Waals surface area contributed by atoms with Crippen LogP contribution in [0.15, 0.2) is 24.3 Å². The Morgan fingerprint density at radius 1 is 1.38 bits per heavy atom. The molecule has 2 rings (SSSR count). The number of nitrogens with one attached hydrogen (secondary N) is 1. The number of carbonyl (C=O) groups is 1. The summed E-state index contributed by atoms with van der Waals surface area (Å²) in [5.41, 5.74) is 1.99. The molecule has 0 saturated carbocycles. The average molecular weight is 218 g/mol. The van der Waals surface area contributed by atoms with Crippen molar-refractivity contribution in [2.24, 2.45) is 0 Å². The number of rotatable bonds is 2. The van der Waals surface area contributed by atoms with Crippen molar-refractivity contribution in [1.29, 1.82) is 0 Å². The van der Waals surface area contributed by atoms with Gasteiger partial charge in [0.25, 0.3) is 0 Å². The lowest BCUT2D eigenvalue weighted by atomic mass is 10.1. The van der Waals surface area contributed by atoms with Gasteiger partial charge in [-0.3, -0.25) is 4.79 Å².